The number of allylic oxidation sites excluding steroid dienone is 1. The summed E-state index contributed by atoms with van der Waals surface area (Å²) in [5, 5.41) is 2.52. The van der Waals surface area contributed by atoms with Crippen LogP contribution in [0.25, 0.3) is 0 Å². The Bertz CT molecular complexity index is 464. The van der Waals surface area contributed by atoms with Crippen molar-refractivity contribution >= 4 is 23.7 Å². The minimum absolute atomic E-state index is 0.155. The number of nitrogens with two attached hydrogens (primary N) is 1. The molecular formula is C23H45N5S. The van der Waals surface area contributed by atoms with Gasteiger partial charge >= 0.3 is 0 Å². The molecule has 1 aliphatic rings. The second-order valence-corrected chi connectivity index (χ2v) is 8.58. The van der Waals surface area contributed by atoms with Gasteiger partial charge in [-0.25, -0.2) is 0 Å². The van der Waals surface area contributed by atoms with Crippen molar-refractivity contribution in [1.82, 2.24) is 15.3 Å². The van der Waals surface area contributed by atoms with Crippen molar-refractivity contribution in [2.75, 3.05) is 13.1 Å². The lowest BCUT2D eigenvalue weighted by Gasteiger charge is -2.28. The molecule has 0 aromatic carbocycles. The van der Waals surface area contributed by atoms with Crippen LogP contribution in [0, 0.1) is 0 Å². The van der Waals surface area contributed by atoms with E-state index in [0.29, 0.717) is 5.11 Å². The van der Waals surface area contributed by atoms with E-state index in [0.717, 1.165) is 19.5 Å². The Kier molecular flexibility index (Phi) is 15.8. The molecule has 0 saturated heterocycles. The van der Waals surface area contributed by atoms with Gasteiger partial charge in [0.05, 0.1) is 19.3 Å². The van der Waals surface area contributed by atoms with Crippen LogP contribution in [0.2, 0.25) is 0 Å². The van der Waals surface area contributed by atoms with E-state index in [1.807, 2.05) is 23.0 Å². The normalized spacial score (nSPS) is 14.7. The second kappa shape index (κ2) is 17.7. The van der Waals surface area contributed by atoms with Gasteiger partial charge in [-0.15, -0.1) is 0 Å². The Labute approximate surface area is 185 Å². The summed E-state index contributed by atoms with van der Waals surface area (Å²) < 4.78 is 0. The molecule has 0 aliphatic carbocycles. The second-order valence-electron chi connectivity index (χ2n) is 8.20. The van der Waals surface area contributed by atoms with E-state index in [-0.39, 0.29) is 6.17 Å². The highest BCUT2D eigenvalue weighted by molar-refractivity contribution is 7.80. The third-order valence-electron chi connectivity index (χ3n) is 5.34. The molecule has 1 aliphatic heterocycles. The van der Waals surface area contributed by atoms with Crippen LogP contribution >= 0.6 is 12.2 Å². The highest BCUT2D eigenvalue weighted by Crippen LogP contribution is 2.13. The van der Waals surface area contributed by atoms with Gasteiger partial charge in [0, 0.05) is 6.20 Å². The van der Waals surface area contributed by atoms with Crippen LogP contribution in [0.15, 0.2) is 17.3 Å². The average molecular weight is 424 g/mol. The molecule has 1 atom stereocenters. The van der Waals surface area contributed by atoms with E-state index < -0.39 is 0 Å². The monoisotopic (exact) mass is 423 g/mol. The highest BCUT2D eigenvalue weighted by Gasteiger charge is 2.14. The van der Waals surface area contributed by atoms with E-state index in [4.69, 9.17) is 18.0 Å². The van der Waals surface area contributed by atoms with Crippen LogP contribution in [-0.2, 0) is 0 Å². The number of thiocarbonyl (C=S) groups is 1. The minimum atomic E-state index is -0.155. The fourth-order valence-corrected chi connectivity index (χ4v) is 3.85. The zero-order chi connectivity index (χ0) is 21.2. The maximum atomic E-state index is 6.07. The first-order chi connectivity index (χ1) is 14.1. The van der Waals surface area contributed by atoms with Gasteiger partial charge in [-0.1, -0.05) is 90.0 Å². The molecule has 29 heavy (non-hydrogen) atoms. The smallest absolute Gasteiger partial charge is 0.193 e. The van der Waals surface area contributed by atoms with Crippen molar-refractivity contribution in [2.24, 2.45) is 10.7 Å². The molecule has 0 saturated carbocycles. The highest BCUT2D eigenvalue weighted by atomic mass is 32.1. The van der Waals surface area contributed by atoms with E-state index >= 15 is 0 Å². The zero-order valence-electron chi connectivity index (χ0n) is 19.0. The molecule has 0 fully saturated rings. The van der Waals surface area contributed by atoms with Crippen molar-refractivity contribution in [3.05, 3.63) is 12.3 Å². The Morgan fingerprint density at radius 1 is 1.07 bits per heavy atom. The number of unbranched alkanes of at least 4 members (excludes halogenated alkanes) is 13. The van der Waals surface area contributed by atoms with Crippen LogP contribution in [0.4, 0.5) is 0 Å². The fourth-order valence-electron chi connectivity index (χ4n) is 3.50. The Hall–Kier alpha value is -1.14. The molecule has 1 unspecified atom stereocenters. The van der Waals surface area contributed by atoms with Gasteiger partial charge in [-0.3, -0.25) is 15.4 Å². The SMILES string of the molecule is CCCCCCCCCCCCCCCC=CN(C(=S)NN1C=NCC1)C(C)N. The predicted octanol–water partition coefficient (Wildman–Crippen LogP) is 5.72. The molecular weight excluding hydrogens is 378 g/mol. The largest absolute Gasteiger partial charge is 0.311 e. The van der Waals surface area contributed by atoms with Crippen molar-refractivity contribution in [3.63, 3.8) is 0 Å². The summed E-state index contributed by atoms with van der Waals surface area (Å²) in [5.41, 5.74) is 9.24. The van der Waals surface area contributed by atoms with Crippen molar-refractivity contribution in [3.8, 4) is 0 Å². The Morgan fingerprint density at radius 3 is 2.10 bits per heavy atom. The topological polar surface area (TPSA) is 56.9 Å². The summed E-state index contributed by atoms with van der Waals surface area (Å²) >= 11 is 5.47. The quantitative estimate of drug-likeness (QED) is 0.178. The molecule has 0 spiro atoms. The Morgan fingerprint density at radius 2 is 1.62 bits per heavy atom. The third kappa shape index (κ3) is 13.7. The number of hydrogen-bond donors (Lipinski definition) is 2. The van der Waals surface area contributed by atoms with Crippen LogP contribution in [0.3, 0.4) is 0 Å². The summed E-state index contributed by atoms with van der Waals surface area (Å²) in [6.45, 7) is 5.88. The van der Waals surface area contributed by atoms with Gasteiger partial charge in [0.15, 0.2) is 5.11 Å². The van der Waals surface area contributed by atoms with Crippen LogP contribution in [-0.4, -0.2) is 40.6 Å². The van der Waals surface area contributed by atoms with Crippen molar-refractivity contribution in [2.45, 2.75) is 110 Å². The lowest BCUT2D eigenvalue weighted by Crippen LogP contribution is -2.50. The number of aliphatic imine (C=N–C) groups is 1. The first-order valence-electron chi connectivity index (χ1n) is 11.9. The summed E-state index contributed by atoms with van der Waals surface area (Å²) in [7, 11) is 0. The number of hydrazine groups is 1. The number of hydrogen-bond acceptors (Lipinski definition) is 4. The molecule has 6 heteroatoms. The van der Waals surface area contributed by atoms with Crippen molar-refractivity contribution in [1.29, 1.82) is 0 Å². The molecule has 168 valence electrons. The summed E-state index contributed by atoms with van der Waals surface area (Å²) in [4.78, 5) is 6.08. The molecule has 3 N–H and O–H groups in total. The van der Waals surface area contributed by atoms with Gasteiger partial charge in [0.2, 0.25) is 0 Å². The van der Waals surface area contributed by atoms with Crippen LogP contribution in [0.5, 0.6) is 0 Å². The fraction of sp³-hybridized carbons (Fsp3) is 0.826. The Balaban J connectivity index is 1.98. The predicted molar refractivity (Wildman–Crippen MR) is 131 cm³/mol. The lowest BCUT2D eigenvalue weighted by molar-refractivity contribution is 0.365. The van der Waals surface area contributed by atoms with Gasteiger partial charge in [-0.05, 0) is 32.0 Å². The molecule has 1 heterocycles. The van der Waals surface area contributed by atoms with Gasteiger partial charge in [0.25, 0.3) is 0 Å². The van der Waals surface area contributed by atoms with Gasteiger partial charge in [-0.2, -0.15) is 0 Å². The maximum absolute atomic E-state index is 6.07. The minimum Gasteiger partial charge on any atom is -0.311 e. The summed E-state index contributed by atoms with van der Waals surface area (Å²) in [5.74, 6) is 0. The van der Waals surface area contributed by atoms with Crippen LogP contribution in [0.1, 0.15) is 104 Å². The molecule has 0 amide bonds. The summed E-state index contributed by atoms with van der Waals surface area (Å²) in [6.07, 6.45) is 25.0. The first-order valence-corrected chi connectivity index (χ1v) is 12.3. The van der Waals surface area contributed by atoms with Gasteiger partial charge < -0.3 is 10.6 Å². The molecule has 0 radical (unpaired) electrons. The molecule has 0 aromatic heterocycles. The number of rotatable bonds is 17. The molecule has 5 nitrogen and oxygen atoms in total. The third-order valence-corrected chi connectivity index (χ3v) is 5.65. The summed E-state index contributed by atoms with van der Waals surface area (Å²) in [6, 6.07) is 0. The van der Waals surface area contributed by atoms with E-state index in [2.05, 4.69) is 23.4 Å². The van der Waals surface area contributed by atoms with E-state index in [9.17, 15) is 0 Å². The van der Waals surface area contributed by atoms with E-state index in [1.165, 1.54) is 83.5 Å². The number of nitrogens with one attached hydrogen (secondary N) is 1. The molecule has 0 aromatic rings. The lowest BCUT2D eigenvalue weighted by atomic mass is 10.0. The first kappa shape index (κ1) is 25.9. The maximum Gasteiger partial charge on any atom is 0.193 e. The van der Waals surface area contributed by atoms with Crippen LogP contribution < -0.4 is 11.2 Å². The van der Waals surface area contributed by atoms with E-state index in [1.54, 1.807) is 6.34 Å². The average Bonchev–Trinajstić information content (AvgIpc) is 3.20. The van der Waals surface area contributed by atoms with Gasteiger partial charge in [0.1, 0.15) is 6.34 Å². The standard InChI is InChI=1S/C23H45N5S/c1-3-4-5-6-7-8-9-10-11-12-13-14-15-16-17-19-28(22(2)24)23(29)26-27-20-18-25-21-27/h17,19,21-22H,3-16,18,20,24H2,1-2H3,(H,26,29). The molecule has 1 rings (SSSR count). The zero-order valence-corrected chi connectivity index (χ0v) is 19.8. The molecule has 0 bridgehead atoms. The number of nitrogens with zero attached hydrogens (tertiary/aromatic N) is 3. The van der Waals surface area contributed by atoms with Crippen molar-refractivity contribution < 1.29 is 0 Å².